The highest BCUT2D eigenvalue weighted by Gasteiger charge is 2.32. The van der Waals surface area contributed by atoms with E-state index in [2.05, 4.69) is 10.3 Å². The van der Waals surface area contributed by atoms with Crippen LogP contribution in [0.5, 0.6) is 0 Å². The van der Waals surface area contributed by atoms with Crippen LogP contribution in [0, 0.1) is 0 Å². The average Bonchev–Trinajstić information content (AvgIpc) is 2.58. The molecule has 0 aromatic carbocycles. The van der Waals surface area contributed by atoms with Crippen molar-refractivity contribution in [3.8, 4) is 0 Å². The lowest BCUT2D eigenvalue weighted by atomic mass is 10.6. The predicted molar refractivity (Wildman–Crippen MR) is 33.9 cm³/mol. The first-order valence-corrected chi connectivity index (χ1v) is 3.10. The monoisotopic (exact) mass is 143 g/mol. The lowest BCUT2D eigenvalue weighted by Crippen LogP contribution is -2.20. The Bertz CT molecular complexity index is 177. The third-order valence-electron chi connectivity index (χ3n) is 1.22. The van der Waals surface area contributed by atoms with Crippen molar-refractivity contribution in [2.75, 3.05) is 13.2 Å². The summed E-state index contributed by atoms with van der Waals surface area (Å²) in [5, 5.41) is 9.20. The van der Waals surface area contributed by atoms with E-state index in [4.69, 9.17) is 17.0 Å². The quantitative estimate of drug-likeness (QED) is 0.393. The second-order valence-electron chi connectivity index (χ2n) is 1.97. The lowest BCUT2D eigenvalue weighted by molar-refractivity contribution is 0.206. The molecule has 2 aliphatic rings. The molecule has 0 amide bonds. The molecule has 48 valence electrons. The molecule has 0 saturated carbocycles. The molecule has 0 aliphatic carbocycles. The fraction of sp³-hybridized carbons (Fsp3) is 0.750. The van der Waals surface area contributed by atoms with Crippen molar-refractivity contribution >= 4 is 17.2 Å². The Morgan fingerprint density at radius 3 is 3.00 bits per heavy atom. The second kappa shape index (κ2) is 1.71. The summed E-state index contributed by atoms with van der Waals surface area (Å²) < 4.78 is 4.95. The van der Waals surface area contributed by atoms with Crippen LogP contribution in [0.15, 0.2) is 10.3 Å². The van der Waals surface area contributed by atoms with Gasteiger partial charge in [0.05, 0.1) is 13.2 Å². The molecule has 1 fully saturated rings. The summed E-state index contributed by atoms with van der Waals surface area (Å²) in [4.78, 5) is 0.644. The second-order valence-corrected chi connectivity index (χ2v) is 2.44. The minimum absolute atomic E-state index is 0.161. The Kier molecular flexibility index (Phi) is 1.000. The Morgan fingerprint density at radius 1 is 1.78 bits per heavy atom. The van der Waals surface area contributed by atoms with Crippen LogP contribution >= 0.6 is 12.2 Å². The Labute approximate surface area is 57.5 Å². The van der Waals surface area contributed by atoms with E-state index in [1.165, 1.54) is 0 Å². The molecule has 0 N–H and O–H groups in total. The first-order chi connectivity index (χ1) is 4.36. The molecular weight excluding hydrogens is 138 g/mol. The fourth-order valence-electron chi connectivity index (χ4n) is 0.684. The minimum Gasteiger partial charge on any atom is -0.350 e. The van der Waals surface area contributed by atoms with E-state index in [-0.39, 0.29) is 6.23 Å². The molecule has 0 radical (unpaired) electrons. The van der Waals surface area contributed by atoms with E-state index in [1.807, 2.05) is 0 Å². The zero-order valence-corrected chi connectivity index (χ0v) is 5.47. The van der Waals surface area contributed by atoms with Crippen molar-refractivity contribution in [2.24, 2.45) is 10.3 Å². The Hall–Kier alpha value is -0.550. The van der Waals surface area contributed by atoms with Crippen LogP contribution in [0.3, 0.4) is 0 Å². The standard InChI is InChI=1S/C4H5N3OS/c9-3-1-7(6-5-3)4-2-8-4/h4H,1-2H2. The minimum atomic E-state index is 0.161. The molecule has 0 spiro atoms. The van der Waals surface area contributed by atoms with Gasteiger partial charge in [0, 0.05) is 0 Å². The van der Waals surface area contributed by atoms with Crippen LogP contribution in [0.4, 0.5) is 0 Å². The van der Waals surface area contributed by atoms with Crippen LogP contribution in [0.25, 0.3) is 0 Å². The first-order valence-electron chi connectivity index (χ1n) is 2.69. The van der Waals surface area contributed by atoms with Crippen LogP contribution in [0.2, 0.25) is 0 Å². The maximum absolute atomic E-state index is 4.95. The summed E-state index contributed by atoms with van der Waals surface area (Å²) in [6.45, 7) is 1.42. The van der Waals surface area contributed by atoms with Gasteiger partial charge in [-0.3, -0.25) is 0 Å². The lowest BCUT2D eigenvalue weighted by Gasteiger charge is -2.03. The highest BCUT2D eigenvalue weighted by Crippen LogP contribution is 2.18. The molecule has 1 unspecified atom stereocenters. The van der Waals surface area contributed by atoms with Gasteiger partial charge in [-0.05, 0) is 0 Å². The van der Waals surface area contributed by atoms with E-state index in [1.54, 1.807) is 5.01 Å². The van der Waals surface area contributed by atoms with Gasteiger partial charge in [0.1, 0.15) is 4.99 Å². The van der Waals surface area contributed by atoms with E-state index in [0.29, 0.717) is 11.5 Å². The molecule has 5 heteroatoms. The molecule has 1 atom stereocenters. The fourth-order valence-corrected chi connectivity index (χ4v) is 0.852. The number of ether oxygens (including phenoxy) is 1. The summed E-state index contributed by atoms with van der Waals surface area (Å²) in [5.41, 5.74) is 0. The van der Waals surface area contributed by atoms with Crippen LogP contribution in [-0.2, 0) is 4.74 Å². The first kappa shape index (κ1) is 5.25. The summed E-state index contributed by atoms with van der Waals surface area (Å²) in [6, 6.07) is 0. The molecule has 0 aromatic rings. The summed E-state index contributed by atoms with van der Waals surface area (Å²) in [7, 11) is 0. The third-order valence-corrected chi connectivity index (χ3v) is 1.43. The number of thiocarbonyl (C=S) groups is 1. The van der Waals surface area contributed by atoms with E-state index in [9.17, 15) is 0 Å². The zero-order chi connectivity index (χ0) is 6.27. The zero-order valence-electron chi connectivity index (χ0n) is 4.65. The SMILES string of the molecule is S=C1CN(C2CO2)N=N1. The predicted octanol–water partition coefficient (Wildman–Crippen LogP) is 0.353. The molecular formula is C4H5N3OS. The average molecular weight is 143 g/mol. The van der Waals surface area contributed by atoms with Gasteiger partial charge >= 0.3 is 0 Å². The maximum Gasteiger partial charge on any atom is 0.171 e. The van der Waals surface area contributed by atoms with Crippen molar-refractivity contribution < 1.29 is 4.74 Å². The van der Waals surface area contributed by atoms with E-state index in [0.717, 1.165) is 6.61 Å². The summed E-state index contributed by atoms with van der Waals surface area (Å²) >= 11 is 4.79. The highest BCUT2D eigenvalue weighted by molar-refractivity contribution is 7.80. The normalized spacial score (nSPS) is 31.8. The number of hydrogen-bond donors (Lipinski definition) is 0. The van der Waals surface area contributed by atoms with Gasteiger partial charge in [-0.1, -0.05) is 17.4 Å². The van der Waals surface area contributed by atoms with Crippen LogP contribution in [-0.4, -0.2) is 29.4 Å². The van der Waals surface area contributed by atoms with Crippen molar-refractivity contribution in [3.05, 3.63) is 0 Å². The Morgan fingerprint density at radius 2 is 2.56 bits per heavy atom. The third kappa shape index (κ3) is 0.927. The summed E-state index contributed by atoms with van der Waals surface area (Å²) in [6.07, 6.45) is 0.161. The number of nitrogens with zero attached hydrogens (tertiary/aromatic N) is 3. The number of hydrogen-bond acceptors (Lipinski definition) is 4. The Balaban J connectivity index is 2.01. The van der Waals surface area contributed by atoms with Crippen LogP contribution in [0.1, 0.15) is 0 Å². The molecule has 2 aliphatic heterocycles. The number of rotatable bonds is 1. The molecule has 2 rings (SSSR count). The molecule has 9 heavy (non-hydrogen) atoms. The highest BCUT2D eigenvalue weighted by atomic mass is 32.1. The van der Waals surface area contributed by atoms with Gasteiger partial charge in [0.25, 0.3) is 0 Å². The molecule has 0 bridgehead atoms. The van der Waals surface area contributed by atoms with Gasteiger partial charge in [0.2, 0.25) is 0 Å². The van der Waals surface area contributed by atoms with Crippen molar-refractivity contribution in [1.29, 1.82) is 0 Å². The van der Waals surface area contributed by atoms with E-state index < -0.39 is 0 Å². The van der Waals surface area contributed by atoms with Crippen molar-refractivity contribution in [1.82, 2.24) is 5.01 Å². The van der Waals surface area contributed by atoms with Crippen LogP contribution < -0.4 is 0 Å². The maximum atomic E-state index is 4.95. The largest absolute Gasteiger partial charge is 0.350 e. The molecule has 2 heterocycles. The topological polar surface area (TPSA) is 40.5 Å². The molecule has 0 aromatic heterocycles. The smallest absolute Gasteiger partial charge is 0.171 e. The van der Waals surface area contributed by atoms with Gasteiger partial charge < -0.3 is 4.74 Å². The van der Waals surface area contributed by atoms with Crippen molar-refractivity contribution in [3.63, 3.8) is 0 Å². The van der Waals surface area contributed by atoms with Gasteiger partial charge in [-0.2, -0.15) is 0 Å². The molecule has 1 saturated heterocycles. The van der Waals surface area contributed by atoms with E-state index >= 15 is 0 Å². The van der Waals surface area contributed by atoms with Gasteiger partial charge in [-0.15, -0.1) is 5.11 Å². The molecule has 4 nitrogen and oxygen atoms in total. The summed E-state index contributed by atoms with van der Waals surface area (Å²) in [5.74, 6) is 0. The van der Waals surface area contributed by atoms with Gasteiger partial charge in [0.15, 0.2) is 6.23 Å². The number of epoxide rings is 1. The van der Waals surface area contributed by atoms with Gasteiger partial charge in [-0.25, -0.2) is 5.01 Å². The van der Waals surface area contributed by atoms with Crippen molar-refractivity contribution in [2.45, 2.75) is 6.23 Å².